The van der Waals surface area contributed by atoms with Crippen molar-refractivity contribution in [3.8, 4) is 0 Å². The van der Waals surface area contributed by atoms with Gasteiger partial charge in [0.05, 0.1) is 10.6 Å². The maximum absolute atomic E-state index is 12.3. The molecular weight excluding hydrogens is 318 g/mol. The van der Waals surface area contributed by atoms with Gasteiger partial charge in [0.15, 0.2) is 5.78 Å². The van der Waals surface area contributed by atoms with E-state index in [9.17, 15) is 4.79 Å². The van der Waals surface area contributed by atoms with Crippen LogP contribution in [0.25, 0.3) is 0 Å². The topological polar surface area (TPSA) is 82.0 Å². The second-order valence-electron chi connectivity index (χ2n) is 3.65. The molecule has 92 valence electrons. The number of carbonyl (C=O) groups is 1. The van der Waals surface area contributed by atoms with Crippen LogP contribution < -0.4 is 11.5 Å². The molecule has 0 atom stereocenters. The highest BCUT2D eigenvalue weighted by Crippen LogP contribution is 2.24. The summed E-state index contributed by atoms with van der Waals surface area (Å²) in [6, 6.07) is 6.50. The Bertz CT molecular complexity index is 631. The number of nitrogens with zero attached hydrogens (tertiary/aromatic N) is 1. The summed E-state index contributed by atoms with van der Waals surface area (Å²) in [5, 5.41) is 0.350. The maximum Gasteiger partial charge on any atom is 0.198 e. The van der Waals surface area contributed by atoms with Gasteiger partial charge in [-0.05, 0) is 24.3 Å². The number of anilines is 2. The van der Waals surface area contributed by atoms with Crippen LogP contribution in [0, 0.1) is 0 Å². The zero-order chi connectivity index (χ0) is 13.3. The van der Waals surface area contributed by atoms with E-state index in [0.717, 1.165) is 4.47 Å². The fraction of sp³-hybridized carbons (Fsp3) is 0. The van der Waals surface area contributed by atoms with E-state index in [-0.39, 0.29) is 17.2 Å². The van der Waals surface area contributed by atoms with E-state index in [2.05, 4.69) is 20.9 Å². The Morgan fingerprint density at radius 3 is 2.61 bits per heavy atom. The number of pyridine rings is 1. The van der Waals surface area contributed by atoms with Gasteiger partial charge in [-0.15, -0.1) is 0 Å². The van der Waals surface area contributed by atoms with Gasteiger partial charge < -0.3 is 11.5 Å². The minimum absolute atomic E-state index is 0.131. The fourth-order valence-electron chi connectivity index (χ4n) is 1.52. The van der Waals surface area contributed by atoms with Gasteiger partial charge in [0, 0.05) is 21.9 Å². The molecule has 4 nitrogen and oxygen atoms in total. The number of aromatic nitrogens is 1. The van der Waals surface area contributed by atoms with Crippen molar-refractivity contribution in [1.82, 2.24) is 4.98 Å². The molecule has 0 saturated carbocycles. The highest BCUT2D eigenvalue weighted by molar-refractivity contribution is 9.10. The lowest BCUT2D eigenvalue weighted by atomic mass is 10.0. The van der Waals surface area contributed by atoms with Crippen LogP contribution in [0.1, 0.15) is 15.9 Å². The van der Waals surface area contributed by atoms with Gasteiger partial charge in [0.1, 0.15) is 5.82 Å². The molecule has 0 unspecified atom stereocenters. The molecule has 18 heavy (non-hydrogen) atoms. The molecule has 2 aromatic rings. The highest BCUT2D eigenvalue weighted by Gasteiger charge is 2.16. The Balaban J connectivity index is 2.51. The van der Waals surface area contributed by atoms with Gasteiger partial charge in [-0.3, -0.25) is 4.79 Å². The van der Waals surface area contributed by atoms with Gasteiger partial charge in [-0.25, -0.2) is 4.98 Å². The van der Waals surface area contributed by atoms with Crippen LogP contribution in [0.2, 0.25) is 5.02 Å². The van der Waals surface area contributed by atoms with Crippen LogP contribution in [0.5, 0.6) is 0 Å². The predicted molar refractivity (Wildman–Crippen MR) is 75.6 cm³/mol. The molecule has 0 radical (unpaired) electrons. The van der Waals surface area contributed by atoms with Gasteiger partial charge >= 0.3 is 0 Å². The molecule has 0 fully saturated rings. The summed E-state index contributed by atoms with van der Waals surface area (Å²) >= 11 is 9.08. The summed E-state index contributed by atoms with van der Waals surface area (Å²) in [5.74, 6) is -0.167. The van der Waals surface area contributed by atoms with Gasteiger partial charge in [0.2, 0.25) is 0 Å². The quantitative estimate of drug-likeness (QED) is 0.656. The number of rotatable bonds is 2. The molecular formula is C12H9BrClN3O. The zero-order valence-electron chi connectivity index (χ0n) is 9.15. The lowest BCUT2D eigenvalue weighted by molar-refractivity contribution is 0.104. The van der Waals surface area contributed by atoms with E-state index in [1.807, 2.05) is 0 Å². The second-order valence-corrected chi connectivity index (χ2v) is 5.00. The average Bonchev–Trinajstić information content (AvgIpc) is 2.31. The number of carbonyl (C=O) groups excluding carboxylic acids is 1. The Hall–Kier alpha value is -1.59. The summed E-state index contributed by atoms with van der Waals surface area (Å²) in [5.41, 5.74) is 12.5. The van der Waals surface area contributed by atoms with E-state index in [1.165, 1.54) is 12.3 Å². The third kappa shape index (κ3) is 2.47. The Labute approximate surface area is 117 Å². The van der Waals surface area contributed by atoms with Crippen molar-refractivity contribution >= 4 is 44.8 Å². The summed E-state index contributed by atoms with van der Waals surface area (Å²) in [6.07, 6.45) is 1.39. The maximum atomic E-state index is 12.3. The lowest BCUT2D eigenvalue weighted by Gasteiger charge is -2.07. The van der Waals surface area contributed by atoms with E-state index >= 15 is 0 Å². The van der Waals surface area contributed by atoms with Crippen molar-refractivity contribution in [1.29, 1.82) is 0 Å². The Kier molecular flexibility index (Phi) is 3.54. The first-order valence-corrected chi connectivity index (χ1v) is 6.17. The van der Waals surface area contributed by atoms with Crippen molar-refractivity contribution in [2.24, 2.45) is 0 Å². The summed E-state index contributed by atoms with van der Waals surface area (Å²) in [7, 11) is 0. The standard InChI is InChI=1S/C12H9BrClN3O/c13-6-1-2-8(10(15)3-6)11(18)9-4-7(14)5-17-12(9)16/h1-5H,15H2,(H2,16,17). The number of nitrogen functional groups attached to an aromatic ring is 2. The van der Waals surface area contributed by atoms with Crippen molar-refractivity contribution in [2.45, 2.75) is 0 Å². The predicted octanol–water partition coefficient (Wildman–Crippen LogP) is 2.89. The third-order valence-corrected chi connectivity index (χ3v) is 3.09. The smallest absolute Gasteiger partial charge is 0.198 e. The molecule has 4 N–H and O–H groups in total. The number of halogens is 2. The number of hydrogen-bond acceptors (Lipinski definition) is 4. The molecule has 0 aliphatic heterocycles. The van der Waals surface area contributed by atoms with Crippen molar-refractivity contribution in [3.05, 3.63) is 51.1 Å². The zero-order valence-corrected chi connectivity index (χ0v) is 11.5. The van der Waals surface area contributed by atoms with Crippen LogP contribution in [0.3, 0.4) is 0 Å². The van der Waals surface area contributed by atoms with Crippen LogP contribution in [0.4, 0.5) is 11.5 Å². The number of ketones is 1. The monoisotopic (exact) mass is 325 g/mol. The van der Waals surface area contributed by atoms with Gasteiger partial charge in [-0.1, -0.05) is 27.5 Å². The Morgan fingerprint density at radius 1 is 1.22 bits per heavy atom. The van der Waals surface area contributed by atoms with Gasteiger partial charge in [-0.2, -0.15) is 0 Å². The molecule has 0 aliphatic carbocycles. The minimum atomic E-state index is -0.299. The van der Waals surface area contributed by atoms with Crippen molar-refractivity contribution < 1.29 is 4.79 Å². The largest absolute Gasteiger partial charge is 0.398 e. The molecule has 0 bridgehead atoms. The molecule has 2 rings (SSSR count). The van der Waals surface area contributed by atoms with E-state index in [4.69, 9.17) is 23.1 Å². The van der Waals surface area contributed by atoms with Crippen LogP contribution in [-0.2, 0) is 0 Å². The molecule has 1 heterocycles. The SMILES string of the molecule is Nc1cc(Br)ccc1C(=O)c1cc(Cl)cnc1N. The number of benzene rings is 1. The molecule has 0 aliphatic rings. The average molecular weight is 327 g/mol. The van der Waals surface area contributed by atoms with Crippen LogP contribution in [0.15, 0.2) is 34.9 Å². The normalized spacial score (nSPS) is 10.3. The van der Waals surface area contributed by atoms with Gasteiger partial charge in [0.25, 0.3) is 0 Å². The van der Waals surface area contributed by atoms with E-state index in [0.29, 0.717) is 16.3 Å². The molecule has 1 aromatic heterocycles. The Morgan fingerprint density at radius 2 is 1.94 bits per heavy atom. The van der Waals surface area contributed by atoms with E-state index < -0.39 is 0 Å². The number of hydrogen-bond donors (Lipinski definition) is 2. The fourth-order valence-corrected chi connectivity index (χ4v) is 2.05. The molecule has 6 heteroatoms. The van der Waals surface area contributed by atoms with E-state index in [1.54, 1.807) is 18.2 Å². The van der Waals surface area contributed by atoms with Crippen molar-refractivity contribution in [2.75, 3.05) is 11.5 Å². The molecule has 1 aromatic carbocycles. The highest BCUT2D eigenvalue weighted by atomic mass is 79.9. The first kappa shape index (κ1) is 12.9. The molecule has 0 spiro atoms. The van der Waals surface area contributed by atoms with Crippen molar-refractivity contribution in [3.63, 3.8) is 0 Å². The first-order chi connectivity index (χ1) is 8.49. The summed E-state index contributed by atoms with van der Waals surface area (Å²) in [4.78, 5) is 16.1. The number of nitrogens with two attached hydrogens (primary N) is 2. The summed E-state index contributed by atoms with van der Waals surface area (Å²) in [6.45, 7) is 0. The first-order valence-electron chi connectivity index (χ1n) is 5.00. The lowest BCUT2D eigenvalue weighted by Crippen LogP contribution is -2.09. The van der Waals surface area contributed by atoms with Crippen LogP contribution >= 0.6 is 27.5 Å². The third-order valence-electron chi connectivity index (χ3n) is 2.39. The molecule has 0 saturated heterocycles. The second kappa shape index (κ2) is 4.96. The molecule has 0 amide bonds. The summed E-state index contributed by atoms with van der Waals surface area (Å²) < 4.78 is 0.800. The van der Waals surface area contributed by atoms with Crippen LogP contribution in [-0.4, -0.2) is 10.8 Å². The minimum Gasteiger partial charge on any atom is -0.398 e.